The van der Waals surface area contributed by atoms with Gasteiger partial charge in [-0.2, -0.15) is 13.2 Å². The van der Waals surface area contributed by atoms with Crippen molar-refractivity contribution < 1.29 is 22.7 Å². The van der Waals surface area contributed by atoms with Gasteiger partial charge in [0.15, 0.2) is 0 Å². The molecule has 1 aromatic heterocycles. The van der Waals surface area contributed by atoms with Crippen molar-refractivity contribution in [3.05, 3.63) is 68.9 Å². The lowest BCUT2D eigenvalue weighted by Crippen LogP contribution is -2.10. The van der Waals surface area contributed by atoms with Gasteiger partial charge in [0.25, 0.3) is 0 Å². The van der Waals surface area contributed by atoms with Gasteiger partial charge in [0, 0.05) is 16.2 Å². The van der Waals surface area contributed by atoms with E-state index < -0.39 is 34.4 Å². The number of esters is 1. The molecule has 1 aliphatic carbocycles. The zero-order chi connectivity index (χ0) is 20.5. The zero-order valence-corrected chi connectivity index (χ0v) is 17.0. The number of hydrogen-bond donors (Lipinski definition) is 0. The Bertz CT molecular complexity index is 871. The van der Waals surface area contributed by atoms with Crippen LogP contribution in [0.3, 0.4) is 0 Å². The van der Waals surface area contributed by atoms with E-state index in [0.29, 0.717) is 0 Å². The minimum atomic E-state index is -4.60. The largest absolute Gasteiger partial charge is 0.460 e. The molecule has 1 heterocycles. The van der Waals surface area contributed by atoms with Crippen LogP contribution in [0.2, 0.25) is 0 Å². The monoisotopic (exact) mass is 428 g/mol. The van der Waals surface area contributed by atoms with Gasteiger partial charge in [-0.15, -0.1) is 11.3 Å². The minimum absolute atomic E-state index is 0.119. The summed E-state index contributed by atoms with van der Waals surface area (Å²) >= 11 is 6.87. The van der Waals surface area contributed by atoms with E-state index >= 15 is 0 Å². The Labute approximate surface area is 171 Å². The third kappa shape index (κ3) is 4.78. The molecule has 0 N–H and O–H groups in total. The molecule has 0 saturated heterocycles. The highest BCUT2D eigenvalue weighted by atomic mass is 35.5. The van der Waals surface area contributed by atoms with Crippen molar-refractivity contribution in [1.29, 1.82) is 0 Å². The molecule has 1 aliphatic rings. The third-order valence-corrected chi connectivity index (χ3v) is 6.46. The molecule has 0 radical (unpaired) electrons. The Morgan fingerprint density at radius 3 is 2.46 bits per heavy atom. The van der Waals surface area contributed by atoms with Gasteiger partial charge in [0.1, 0.15) is 11.6 Å². The van der Waals surface area contributed by atoms with E-state index in [2.05, 4.69) is 0 Å². The third-order valence-electron chi connectivity index (χ3n) is 5.06. The lowest BCUT2D eigenvalue weighted by Gasteiger charge is -2.04. The lowest BCUT2D eigenvalue weighted by atomic mass is 10.1. The maximum atomic E-state index is 12.6. The number of allylic oxidation sites excluding steroid dienone is 2. The summed E-state index contributed by atoms with van der Waals surface area (Å²) in [5.41, 5.74) is 0.597. The average molecular weight is 429 g/mol. The molecule has 0 aliphatic heterocycles. The van der Waals surface area contributed by atoms with E-state index in [-0.39, 0.29) is 6.61 Å². The Hall–Kier alpha value is -1.79. The summed E-state index contributed by atoms with van der Waals surface area (Å²) in [5, 5.41) is -1.19. The van der Waals surface area contributed by atoms with Crippen molar-refractivity contribution in [2.24, 2.45) is 17.3 Å². The smallest absolute Gasteiger partial charge is 0.426 e. The molecule has 2 atom stereocenters. The van der Waals surface area contributed by atoms with Gasteiger partial charge in [0.05, 0.1) is 5.92 Å². The highest BCUT2D eigenvalue weighted by molar-refractivity contribution is 7.12. The Morgan fingerprint density at radius 1 is 1.18 bits per heavy atom. The molecule has 1 aromatic carbocycles. The number of hydrogen-bond acceptors (Lipinski definition) is 3. The van der Waals surface area contributed by atoms with Crippen LogP contribution in [0.15, 0.2) is 53.6 Å². The topological polar surface area (TPSA) is 26.3 Å². The molecule has 0 bridgehead atoms. The molecule has 0 spiro atoms. The lowest BCUT2D eigenvalue weighted by molar-refractivity contribution is -0.147. The minimum Gasteiger partial charge on any atom is -0.460 e. The summed E-state index contributed by atoms with van der Waals surface area (Å²) in [7, 11) is 0. The predicted octanol–water partition coefficient (Wildman–Crippen LogP) is 6.34. The fraction of sp³-hybridized carbons (Fsp3) is 0.381. The molecule has 1 fully saturated rings. The molecular formula is C21H20ClF3O2S. The van der Waals surface area contributed by atoms with Crippen LogP contribution < -0.4 is 0 Å². The first-order valence-corrected chi connectivity index (χ1v) is 10.0. The van der Waals surface area contributed by atoms with Crippen molar-refractivity contribution in [1.82, 2.24) is 0 Å². The standard InChI is InChI=1S/C21H20ClF3O2S/c1-20(2)16(11-17(22)21(23,24)25)18(20)19(26)27-12-15-9-8-14(28-15)10-13-6-4-3-5-7-13/h3-9,11,16,18H,10,12H2,1-2H3/b17-11-. The summed E-state index contributed by atoms with van der Waals surface area (Å²) < 4.78 is 43.3. The maximum Gasteiger partial charge on any atom is 0.426 e. The van der Waals surface area contributed by atoms with Gasteiger partial charge in [0.2, 0.25) is 0 Å². The fourth-order valence-electron chi connectivity index (χ4n) is 3.32. The molecule has 150 valence electrons. The highest BCUT2D eigenvalue weighted by Gasteiger charge is 2.62. The van der Waals surface area contributed by atoms with Crippen molar-refractivity contribution >= 4 is 28.9 Å². The number of carbonyl (C=O) groups is 1. The van der Waals surface area contributed by atoms with E-state index in [0.717, 1.165) is 22.3 Å². The van der Waals surface area contributed by atoms with Crippen LogP contribution in [-0.2, 0) is 22.6 Å². The molecule has 2 aromatic rings. The molecule has 0 amide bonds. The molecule has 28 heavy (non-hydrogen) atoms. The second-order valence-corrected chi connectivity index (χ2v) is 9.14. The van der Waals surface area contributed by atoms with Gasteiger partial charge in [-0.25, -0.2) is 0 Å². The van der Waals surface area contributed by atoms with Gasteiger partial charge in [-0.05, 0) is 29.0 Å². The molecular weight excluding hydrogens is 409 g/mol. The Kier molecular flexibility index (Phi) is 5.92. The van der Waals surface area contributed by atoms with E-state index in [1.807, 2.05) is 42.5 Å². The summed E-state index contributed by atoms with van der Waals surface area (Å²) in [6.07, 6.45) is -2.87. The number of thiophene rings is 1. The van der Waals surface area contributed by atoms with Crippen molar-refractivity contribution in [2.75, 3.05) is 0 Å². The first kappa shape index (κ1) is 20.9. The number of halogens is 4. The number of ether oxygens (including phenoxy) is 1. The normalized spacial score (nSPS) is 21.4. The Balaban J connectivity index is 1.56. The second kappa shape index (κ2) is 7.91. The molecule has 3 rings (SSSR count). The second-order valence-electron chi connectivity index (χ2n) is 7.48. The van der Waals surface area contributed by atoms with Crippen LogP contribution in [0.25, 0.3) is 0 Å². The number of benzene rings is 1. The van der Waals surface area contributed by atoms with Crippen molar-refractivity contribution in [3.63, 3.8) is 0 Å². The van der Waals surface area contributed by atoms with Gasteiger partial charge < -0.3 is 4.74 Å². The van der Waals surface area contributed by atoms with Crippen molar-refractivity contribution in [2.45, 2.75) is 33.1 Å². The van der Waals surface area contributed by atoms with Crippen LogP contribution in [0.1, 0.15) is 29.2 Å². The summed E-state index contributed by atoms with van der Waals surface area (Å²) in [4.78, 5) is 14.4. The first-order chi connectivity index (χ1) is 13.1. The van der Waals surface area contributed by atoms with Gasteiger partial charge in [-0.1, -0.05) is 61.9 Å². The van der Waals surface area contributed by atoms with Crippen LogP contribution >= 0.6 is 22.9 Å². The SMILES string of the molecule is CC1(C)C(/C=C(\Cl)C(F)(F)F)C1C(=O)OCc1ccc(Cc2ccccc2)s1. The first-order valence-electron chi connectivity index (χ1n) is 8.81. The summed E-state index contributed by atoms with van der Waals surface area (Å²) in [6.45, 7) is 3.60. The van der Waals surface area contributed by atoms with E-state index in [1.165, 1.54) is 5.56 Å². The van der Waals surface area contributed by atoms with Crippen LogP contribution in [0.4, 0.5) is 13.2 Å². The van der Waals surface area contributed by atoms with Gasteiger partial charge in [-0.3, -0.25) is 4.79 Å². The van der Waals surface area contributed by atoms with Crippen LogP contribution in [-0.4, -0.2) is 12.1 Å². The molecule has 7 heteroatoms. The van der Waals surface area contributed by atoms with Crippen LogP contribution in [0.5, 0.6) is 0 Å². The molecule has 1 saturated carbocycles. The number of carbonyl (C=O) groups excluding carboxylic acids is 1. The van der Waals surface area contributed by atoms with Gasteiger partial charge >= 0.3 is 12.1 Å². The number of rotatable bonds is 6. The van der Waals surface area contributed by atoms with E-state index in [9.17, 15) is 18.0 Å². The van der Waals surface area contributed by atoms with Crippen molar-refractivity contribution in [3.8, 4) is 0 Å². The predicted molar refractivity (Wildman–Crippen MR) is 104 cm³/mol. The molecule has 2 nitrogen and oxygen atoms in total. The maximum absolute atomic E-state index is 12.6. The molecule has 2 unspecified atom stereocenters. The van der Waals surface area contributed by atoms with E-state index in [1.54, 1.807) is 25.2 Å². The summed E-state index contributed by atoms with van der Waals surface area (Å²) in [5.74, 6) is -1.69. The summed E-state index contributed by atoms with van der Waals surface area (Å²) in [6, 6.07) is 13.9. The van der Waals surface area contributed by atoms with Crippen LogP contribution in [0, 0.1) is 17.3 Å². The Morgan fingerprint density at radius 2 is 1.82 bits per heavy atom. The quantitative estimate of drug-likeness (QED) is 0.502. The fourth-order valence-corrected chi connectivity index (χ4v) is 4.42. The highest BCUT2D eigenvalue weighted by Crippen LogP contribution is 2.60. The zero-order valence-electron chi connectivity index (χ0n) is 15.4. The van der Waals surface area contributed by atoms with E-state index in [4.69, 9.17) is 16.3 Å². The average Bonchev–Trinajstić information content (AvgIpc) is 2.94. The number of alkyl halides is 3.